The van der Waals surface area contributed by atoms with Crippen LogP contribution >= 0.6 is 11.8 Å². The number of aliphatic hydroxyl groups excluding tert-OH is 1. The van der Waals surface area contributed by atoms with E-state index in [0.717, 1.165) is 6.42 Å². The Hall–Kier alpha value is -1.80. The van der Waals surface area contributed by atoms with Gasteiger partial charge in [0.25, 0.3) is 0 Å². The van der Waals surface area contributed by atoms with Crippen molar-refractivity contribution in [1.82, 2.24) is 14.7 Å². The van der Waals surface area contributed by atoms with E-state index in [0.29, 0.717) is 32.6 Å². The molecule has 5 atom stereocenters. The van der Waals surface area contributed by atoms with E-state index < -0.39 is 27.4 Å². The molecule has 7 nitrogen and oxygen atoms in total. The van der Waals surface area contributed by atoms with Gasteiger partial charge in [0.2, 0.25) is 17.7 Å². The minimum absolute atomic E-state index is 0.00480. The van der Waals surface area contributed by atoms with Crippen LogP contribution in [0.1, 0.15) is 40.5 Å². The molecule has 2 fully saturated rings. The van der Waals surface area contributed by atoms with E-state index in [1.54, 1.807) is 16.7 Å². The quantitative estimate of drug-likeness (QED) is 0.609. The number of rotatable bonds is 6. The first-order chi connectivity index (χ1) is 15.2. The zero-order valence-electron chi connectivity index (χ0n) is 19.5. The van der Waals surface area contributed by atoms with Crippen molar-refractivity contribution in [3.63, 3.8) is 0 Å². The summed E-state index contributed by atoms with van der Waals surface area (Å²) in [4.78, 5) is 46.9. The van der Waals surface area contributed by atoms with Gasteiger partial charge in [-0.2, -0.15) is 0 Å². The van der Waals surface area contributed by atoms with Crippen molar-refractivity contribution in [3.05, 3.63) is 24.3 Å². The van der Waals surface area contributed by atoms with E-state index in [9.17, 15) is 19.5 Å². The van der Waals surface area contributed by atoms with Gasteiger partial charge in [-0.1, -0.05) is 31.2 Å². The molecule has 32 heavy (non-hydrogen) atoms. The number of thioether (sulfide) groups is 1. The van der Waals surface area contributed by atoms with Gasteiger partial charge in [-0.05, 0) is 33.6 Å². The number of nitrogens with zero attached hydrogens (tertiary/aromatic N) is 3. The van der Waals surface area contributed by atoms with Crippen LogP contribution < -0.4 is 0 Å². The number of hydrogen-bond donors (Lipinski definition) is 1. The third kappa shape index (κ3) is 3.33. The molecule has 8 heteroatoms. The van der Waals surface area contributed by atoms with Crippen molar-refractivity contribution in [2.75, 3.05) is 32.8 Å². The van der Waals surface area contributed by atoms with E-state index in [4.69, 9.17) is 0 Å². The lowest BCUT2D eigenvalue weighted by atomic mass is 9.74. The molecule has 0 radical (unpaired) electrons. The minimum atomic E-state index is -0.790. The zero-order chi connectivity index (χ0) is 23.3. The van der Waals surface area contributed by atoms with Gasteiger partial charge in [0.05, 0.1) is 16.6 Å². The second-order valence-corrected chi connectivity index (χ2v) is 11.6. The Kier molecular flexibility index (Phi) is 6.22. The van der Waals surface area contributed by atoms with Gasteiger partial charge in [0, 0.05) is 43.6 Å². The number of carbonyl (C=O) groups excluding carboxylic acids is 3. The maximum absolute atomic E-state index is 13.9. The summed E-state index contributed by atoms with van der Waals surface area (Å²) in [6.45, 7) is 10.0. The molecule has 1 unspecified atom stereocenters. The van der Waals surface area contributed by atoms with Gasteiger partial charge in [-0.15, -0.1) is 11.8 Å². The third-order valence-corrected chi connectivity index (χ3v) is 9.14. The fraction of sp³-hybridized carbons (Fsp3) is 0.708. The Morgan fingerprint density at radius 3 is 2.44 bits per heavy atom. The molecule has 4 aliphatic heterocycles. The van der Waals surface area contributed by atoms with Crippen LogP contribution in [-0.2, 0) is 14.4 Å². The molecule has 0 aliphatic carbocycles. The largest absolute Gasteiger partial charge is 0.396 e. The molecule has 1 spiro atoms. The fourth-order valence-corrected chi connectivity index (χ4v) is 8.16. The predicted molar refractivity (Wildman–Crippen MR) is 125 cm³/mol. The summed E-state index contributed by atoms with van der Waals surface area (Å²) in [7, 11) is 0. The van der Waals surface area contributed by atoms with E-state index in [2.05, 4.69) is 12.2 Å². The Morgan fingerprint density at radius 1 is 1.06 bits per heavy atom. The van der Waals surface area contributed by atoms with Crippen molar-refractivity contribution in [3.8, 4) is 0 Å². The Labute approximate surface area is 194 Å². The Bertz CT molecular complexity index is 858. The van der Waals surface area contributed by atoms with E-state index in [1.807, 2.05) is 49.6 Å². The van der Waals surface area contributed by atoms with Crippen LogP contribution in [0.15, 0.2) is 24.3 Å². The van der Waals surface area contributed by atoms with E-state index >= 15 is 0 Å². The Balaban J connectivity index is 1.85. The van der Waals surface area contributed by atoms with Gasteiger partial charge in [0.15, 0.2) is 0 Å². The smallest absolute Gasteiger partial charge is 0.247 e. The average Bonchev–Trinajstić information content (AvgIpc) is 3.00. The number of carbonyl (C=O) groups is 3. The number of amides is 3. The third-order valence-electron chi connectivity index (χ3n) is 7.35. The average molecular weight is 462 g/mol. The number of likely N-dealkylation sites (tertiary alicyclic amines) is 1. The molecular formula is C24H35N3O4S. The van der Waals surface area contributed by atoms with Crippen molar-refractivity contribution >= 4 is 29.5 Å². The summed E-state index contributed by atoms with van der Waals surface area (Å²) in [5.41, 5.74) is 0. The van der Waals surface area contributed by atoms with Crippen LogP contribution in [0.4, 0.5) is 0 Å². The lowest BCUT2D eigenvalue weighted by Crippen LogP contribution is -2.54. The molecule has 1 N–H and O–H groups in total. The van der Waals surface area contributed by atoms with Gasteiger partial charge >= 0.3 is 0 Å². The molecule has 4 heterocycles. The monoisotopic (exact) mass is 461 g/mol. The SMILES string of the molecule is CCCN1CC=C[C@]2(C)S[C@]34C=CCN(C(C)C)C(=O)C3N(CCCO)C(=O)[C@@H]4[C@@H]2C1=O. The second-order valence-electron chi connectivity index (χ2n) is 9.78. The second kappa shape index (κ2) is 8.52. The highest BCUT2D eigenvalue weighted by Crippen LogP contribution is 2.65. The molecule has 0 saturated carbocycles. The van der Waals surface area contributed by atoms with E-state index in [1.165, 1.54) is 0 Å². The maximum Gasteiger partial charge on any atom is 0.247 e. The van der Waals surface area contributed by atoms with Crippen molar-refractivity contribution in [2.24, 2.45) is 11.8 Å². The molecule has 0 bridgehead atoms. The Morgan fingerprint density at radius 2 is 1.78 bits per heavy atom. The van der Waals surface area contributed by atoms with Gasteiger partial charge in [-0.25, -0.2) is 0 Å². The fourth-order valence-electron chi connectivity index (χ4n) is 6.01. The maximum atomic E-state index is 13.9. The summed E-state index contributed by atoms with van der Waals surface area (Å²) in [6, 6.07) is -0.660. The number of hydrogen-bond acceptors (Lipinski definition) is 5. The van der Waals surface area contributed by atoms with Crippen molar-refractivity contribution in [1.29, 1.82) is 0 Å². The number of fused-ring (bicyclic) bond motifs is 2. The summed E-state index contributed by atoms with van der Waals surface area (Å²) in [5.74, 6) is -1.30. The number of aliphatic hydroxyl groups is 1. The first kappa shape index (κ1) is 23.4. The van der Waals surface area contributed by atoms with Crippen LogP contribution in [0.5, 0.6) is 0 Å². The highest BCUT2D eigenvalue weighted by Gasteiger charge is 2.73. The summed E-state index contributed by atoms with van der Waals surface area (Å²) in [5, 5.41) is 9.45. The first-order valence-corrected chi connectivity index (χ1v) is 12.6. The molecule has 0 aromatic rings. The van der Waals surface area contributed by atoms with Gasteiger partial charge in [-0.3, -0.25) is 14.4 Å². The van der Waals surface area contributed by atoms with Crippen LogP contribution in [0.3, 0.4) is 0 Å². The van der Waals surface area contributed by atoms with Crippen LogP contribution in [0.25, 0.3) is 0 Å². The minimum Gasteiger partial charge on any atom is -0.396 e. The summed E-state index contributed by atoms with van der Waals surface area (Å²) < 4.78 is -1.35. The van der Waals surface area contributed by atoms with Crippen molar-refractivity contribution in [2.45, 2.75) is 62.1 Å². The lowest BCUT2D eigenvalue weighted by molar-refractivity contribution is -0.145. The molecule has 4 rings (SSSR count). The zero-order valence-corrected chi connectivity index (χ0v) is 20.3. The molecule has 0 aromatic carbocycles. The molecule has 176 valence electrons. The molecule has 0 aromatic heterocycles. The van der Waals surface area contributed by atoms with Gasteiger partial charge < -0.3 is 19.8 Å². The van der Waals surface area contributed by atoms with Crippen molar-refractivity contribution < 1.29 is 19.5 Å². The summed E-state index contributed by atoms with van der Waals surface area (Å²) in [6.07, 6.45) is 9.46. The molecular weight excluding hydrogens is 426 g/mol. The van der Waals surface area contributed by atoms with Crippen LogP contribution in [0, 0.1) is 11.8 Å². The topological polar surface area (TPSA) is 81.2 Å². The highest BCUT2D eigenvalue weighted by molar-refractivity contribution is 8.02. The first-order valence-electron chi connectivity index (χ1n) is 11.8. The molecule has 2 saturated heterocycles. The normalized spacial score (nSPS) is 36.5. The van der Waals surface area contributed by atoms with Crippen LogP contribution in [-0.4, -0.2) is 91.9 Å². The predicted octanol–water partition coefficient (Wildman–Crippen LogP) is 1.67. The molecule has 4 aliphatic rings. The standard InChI is InChI=1S/C24H35N3O4S/c1-5-11-25-12-6-9-23(4)17(20(25)29)18-21(30)27(14-8-15-28)19-22(31)26(16(2)3)13-7-10-24(18,19)32-23/h6-7,9-10,16-19,28H,5,8,11-15H2,1-4H3/t17-,18+,19?,23+,24+/m1/s1. The van der Waals surface area contributed by atoms with E-state index in [-0.39, 0.29) is 30.4 Å². The van der Waals surface area contributed by atoms with Crippen LogP contribution in [0.2, 0.25) is 0 Å². The summed E-state index contributed by atoms with van der Waals surface area (Å²) >= 11 is 1.61. The van der Waals surface area contributed by atoms with Gasteiger partial charge in [0.1, 0.15) is 6.04 Å². The highest BCUT2D eigenvalue weighted by atomic mass is 32.2. The lowest BCUT2D eigenvalue weighted by Gasteiger charge is -2.37. The molecule has 3 amide bonds.